The molecule has 2 rings (SSSR count). The molecular formula is C11H10O5. The second kappa shape index (κ2) is 3.61. The van der Waals surface area contributed by atoms with Gasteiger partial charge in [0.25, 0.3) is 5.78 Å². The van der Waals surface area contributed by atoms with Crippen LogP contribution in [0.2, 0.25) is 0 Å². The van der Waals surface area contributed by atoms with Gasteiger partial charge in [0.05, 0.1) is 19.3 Å². The van der Waals surface area contributed by atoms with E-state index in [4.69, 9.17) is 14.3 Å². The standard InChI is InChI=1S/C11H10O5/c1-5-6(4-12)9-7(13)3-8(15-2)10(14)11(9)16-5/h3,12H,4H2,1-2H3. The molecule has 84 valence electrons. The number of Topliss-reactive ketones (excluding diaryl/α,β-unsaturated/α-hetero) is 1. The first kappa shape index (κ1) is 10.6. The topological polar surface area (TPSA) is 76.7 Å². The predicted molar refractivity (Wildman–Crippen MR) is 53.1 cm³/mol. The molecule has 0 unspecified atom stereocenters. The summed E-state index contributed by atoms with van der Waals surface area (Å²) in [7, 11) is 1.31. The molecule has 1 N–H and O–H groups in total. The summed E-state index contributed by atoms with van der Waals surface area (Å²) in [6.45, 7) is 1.26. The lowest BCUT2D eigenvalue weighted by Gasteiger charge is -2.09. The van der Waals surface area contributed by atoms with Crippen LogP contribution in [-0.2, 0) is 11.3 Å². The van der Waals surface area contributed by atoms with E-state index in [0.717, 1.165) is 6.08 Å². The third kappa shape index (κ3) is 1.29. The number of fused-ring (bicyclic) bond motifs is 1. The van der Waals surface area contributed by atoms with Crippen molar-refractivity contribution in [3.63, 3.8) is 0 Å². The number of aliphatic hydroxyl groups is 1. The van der Waals surface area contributed by atoms with E-state index < -0.39 is 5.78 Å². The van der Waals surface area contributed by atoms with Crippen molar-refractivity contribution < 1.29 is 23.8 Å². The number of carbonyl (C=O) groups is 2. The molecule has 0 spiro atoms. The Labute approximate surface area is 91.3 Å². The van der Waals surface area contributed by atoms with E-state index in [2.05, 4.69) is 0 Å². The second-order valence-corrected chi connectivity index (χ2v) is 3.41. The summed E-state index contributed by atoms with van der Waals surface area (Å²) < 4.78 is 9.97. The van der Waals surface area contributed by atoms with E-state index in [1.165, 1.54) is 7.11 Å². The Morgan fingerprint density at radius 3 is 2.69 bits per heavy atom. The van der Waals surface area contributed by atoms with Crippen molar-refractivity contribution >= 4 is 11.6 Å². The van der Waals surface area contributed by atoms with E-state index in [0.29, 0.717) is 11.3 Å². The zero-order valence-electron chi connectivity index (χ0n) is 8.86. The highest BCUT2D eigenvalue weighted by Gasteiger charge is 2.33. The van der Waals surface area contributed by atoms with Crippen molar-refractivity contribution in [2.24, 2.45) is 0 Å². The fourth-order valence-electron chi connectivity index (χ4n) is 1.71. The molecular weight excluding hydrogens is 212 g/mol. The first-order valence-electron chi connectivity index (χ1n) is 4.68. The summed E-state index contributed by atoms with van der Waals surface area (Å²) in [5.41, 5.74) is 0.505. The second-order valence-electron chi connectivity index (χ2n) is 3.41. The Hall–Kier alpha value is -1.88. The van der Waals surface area contributed by atoms with Crippen molar-refractivity contribution in [3.8, 4) is 0 Å². The monoisotopic (exact) mass is 222 g/mol. The van der Waals surface area contributed by atoms with Crippen molar-refractivity contribution in [1.82, 2.24) is 0 Å². The Morgan fingerprint density at radius 2 is 2.12 bits per heavy atom. The molecule has 0 saturated carbocycles. The van der Waals surface area contributed by atoms with Gasteiger partial charge in [0.2, 0.25) is 0 Å². The first-order valence-corrected chi connectivity index (χ1v) is 4.68. The summed E-state index contributed by atoms with van der Waals surface area (Å²) in [5.74, 6) is -0.575. The van der Waals surface area contributed by atoms with E-state index in [9.17, 15) is 9.59 Å². The molecule has 1 aromatic heterocycles. The molecule has 0 aliphatic heterocycles. The number of rotatable bonds is 2. The number of aryl methyl sites for hydroxylation is 1. The van der Waals surface area contributed by atoms with Gasteiger partial charge in [-0.05, 0) is 6.92 Å². The molecule has 5 nitrogen and oxygen atoms in total. The minimum Gasteiger partial charge on any atom is -0.492 e. The molecule has 0 radical (unpaired) electrons. The number of aliphatic hydroxyl groups excluding tert-OH is 1. The van der Waals surface area contributed by atoms with Crippen LogP contribution in [0.15, 0.2) is 16.3 Å². The van der Waals surface area contributed by atoms with Gasteiger partial charge in [0, 0.05) is 11.6 Å². The number of ether oxygens (including phenoxy) is 1. The van der Waals surface area contributed by atoms with Gasteiger partial charge in [-0.1, -0.05) is 0 Å². The van der Waals surface area contributed by atoms with Crippen LogP contribution in [0.4, 0.5) is 0 Å². The molecule has 0 amide bonds. The van der Waals surface area contributed by atoms with Gasteiger partial charge in [0.1, 0.15) is 5.76 Å². The molecule has 1 aliphatic carbocycles. The summed E-state index contributed by atoms with van der Waals surface area (Å²) in [4.78, 5) is 23.5. The fourth-order valence-corrected chi connectivity index (χ4v) is 1.71. The normalized spacial score (nSPS) is 14.8. The van der Waals surface area contributed by atoms with Crippen LogP contribution in [0.5, 0.6) is 0 Å². The largest absolute Gasteiger partial charge is 0.492 e. The molecule has 0 aromatic carbocycles. The summed E-state index contributed by atoms with van der Waals surface area (Å²) in [6.07, 6.45) is 1.11. The summed E-state index contributed by atoms with van der Waals surface area (Å²) in [5, 5.41) is 9.11. The van der Waals surface area contributed by atoms with E-state index in [1.54, 1.807) is 6.92 Å². The highest BCUT2D eigenvalue weighted by atomic mass is 16.5. The van der Waals surface area contributed by atoms with Gasteiger partial charge in [-0.25, -0.2) is 0 Å². The number of ketones is 2. The van der Waals surface area contributed by atoms with Crippen molar-refractivity contribution in [3.05, 3.63) is 34.5 Å². The van der Waals surface area contributed by atoms with Crippen LogP contribution in [0, 0.1) is 6.92 Å². The Kier molecular flexibility index (Phi) is 2.40. The third-order valence-electron chi connectivity index (χ3n) is 2.53. The lowest BCUT2D eigenvalue weighted by molar-refractivity contribution is 0.0890. The number of allylic oxidation sites excluding steroid dienone is 2. The molecule has 1 aliphatic rings. The van der Waals surface area contributed by atoms with Gasteiger partial charge in [0.15, 0.2) is 17.3 Å². The smallest absolute Gasteiger partial charge is 0.263 e. The van der Waals surface area contributed by atoms with Crippen LogP contribution in [0.25, 0.3) is 0 Å². The molecule has 0 saturated heterocycles. The summed E-state index contributed by atoms with van der Waals surface area (Å²) in [6, 6.07) is 0. The van der Waals surface area contributed by atoms with Crippen molar-refractivity contribution in [2.75, 3.05) is 7.11 Å². The minimum atomic E-state index is -0.472. The van der Waals surface area contributed by atoms with Crippen LogP contribution in [0.1, 0.15) is 32.2 Å². The van der Waals surface area contributed by atoms with Crippen LogP contribution in [-0.4, -0.2) is 23.8 Å². The fraction of sp³-hybridized carbons (Fsp3) is 0.273. The summed E-state index contributed by atoms with van der Waals surface area (Å²) >= 11 is 0. The van der Waals surface area contributed by atoms with Crippen molar-refractivity contribution in [2.45, 2.75) is 13.5 Å². The maximum absolute atomic E-state index is 11.8. The molecule has 16 heavy (non-hydrogen) atoms. The van der Waals surface area contributed by atoms with Gasteiger partial charge < -0.3 is 14.3 Å². The SMILES string of the molecule is COC1=CC(=O)c2c(oc(C)c2CO)C1=O. The Bertz CT molecular complexity index is 507. The Balaban J connectivity index is 2.65. The third-order valence-corrected chi connectivity index (χ3v) is 2.53. The van der Waals surface area contributed by atoms with Gasteiger partial charge in [-0.15, -0.1) is 0 Å². The van der Waals surface area contributed by atoms with Crippen LogP contribution < -0.4 is 0 Å². The lowest BCUT2D eigenvalue weighted by Crippen LogP contribution is -2.17. The van der Waals surface area contributed by atoms with Crippen LogP contribution in [0.3, 0.4) is 0 Å². The molecule has 0 bridgehead atoms. The van der Waals surface area contributed by atoms with E-state index in [-0.39, 0.29) is 29.5 Å². The average Bonchev–Trinajstić information content (AvgIpc) is 2.61. The number of methoxy groups -OCH3 is 1. The molecule has 1 heterocycles. The molecule has 5 heteroatoms. The van der Waals surface area contributed by atoms with Gasteiger partial charge in [-0.2, -0.15) is 0 Å². The maximum atomic E-state index is 11.8. The predicted octanol–water partition coefficient (Wildman–Crippen LogP) is 0.990. The first-order chi connectivity index (χ1) is 7.60. The number of hydrogen-bond acceptors (Lipinski definition) is 5. The van der Waals surface area contributed by atoms with E-state index in [1.807, 2.05) is 0 Å². The minimum absolute atomic E-state index is 0.0456. The molecule has 0 fully saturated rings. The highest BCUT2D eigenvalue weighted by molar-refractivity contribution is 6.23. The Morgan fingerprint density at radius 1 is 1.44 bits per heavy atom. The zero-order valence-corrected chi connectivity index (χ0v) is 8.86. The maximum Gasteiger partial charge on any atom is 0.263 e. The number of carbonyl (C=O) groups excluding carboxylic acids is 2. The highest BCUT2D eigenvalue weighted by Crippen LogP contribution is 2.29. The zero-order chi connectivity index (χ0) is 11.9. The van der Waals surface area contributed by atoms with Crippen LogP contribution >= 0.6 is 0 Å². The quantitative estimate of drug-likeness (QED) is 0.807. The molecule has 1 aromatic rings. The average molecular weight is 222 g/mol. The van der Waals surface area contributed by atoms with Gasteiger partial charge >= 0.3 is 0 Å². The number of hydrogen-bond donors (Lipinski definition) is 1. The lowest BCUT2D eigenvalue weighted by atomic mass is 9.97. The van der Waals surface area contributed by atoms with Gasteiger partial charge in [-0.3, -0.25) is 9.59 Å². The van der Waals surface area contributed by atoms with E-state index >= 15 is 0 Å². The van der Waals surface area contributed by atoms with Crippen molar-refractivity contribution in [1.29, 1.82) is 0 Å². The molecule has 0 atom stereocenters. The number of furan rings is 1.